The number of rotatable bonds is 7. The number of anilines is 2. The molecule has 0 spiro atoms. The number of allylic oxidation sites excluding steroid dienone is 1. The van der Waals surface area contributed by atoms with Gasteiger partial charge in [0.2, 0.25) is 5.91 Å². The van der Waals surface area contributed by atoms with Crippen LogP contribution < -0.4 is 20.3 Å². The highest BCUT2D eigenvalue weighted by molar-refractivity contribution is 8.01. The predicted octanol–water partition coefficient (Wildman–Crippen LogP) is 5.14. The number of ether oxygens (including phenoxy) is 1. The van der Waals surface area contributed by atoms with E-state index in [9.17, 15) is 19.6 Å². The molecule has 44 heavy (non-hydrogen) atoms. The Bertz CT molecular complexity index is 1730. The third-order valence-corrected chi connectivity index (χ3v) is 9.64. The molecule has 0 bridgehead atoms. The van der Waals surface area contributed by atoms with E-state index in [1.807, 2.05) is 67.6 Å². The van der Waals surface area contributed by atoms with Gasteiger partial charge in [-0.25, -0.2) is 9.78 Å². The van der Waals surface area contributed by atoms with E-state index >= 15 is 0 Å². The Morgan fingerprint density at radius 1 is 1.11 bits per heavy atom. The number of aryl methyl sites for hydroxylation is 1. The monoisotopic (exact) mass is 606 g/mol. The minimum Gasteiger partial charge on any atom is -0.457 e. The molecule has 1 saturated heterocycles. The van der Waals surface area contributed by atoms with Gasteiger partial charge in [-0.1, -0.05) is 36.0 Å². The smallest absolute Gasteiger partial charge is 0.327 e. The van der Waals surface area contributed by atoms with Gasteiger partial charge in [0.1, 0.15) is 33.4 Å². The number of thioether (sulfide) groups is 1. The van der Waals surface area contributed by atoms with E-state index in [0.29, 0.717) is 47.6 Å². The zero-order chi connectivity index (χ0) is 30.4. The first-order chi connectivity index (χ1) is 21.4. The summed E-state index contributed by atoms with van der Waals surface area (Å²) >= 11 is 1.33. The summed E-state index contributed by atoms with van der Waals surface area (Å²) in [4.78, 5) is 47.9. The predicted molar refractivity (Wildman–Crippen MR) is 165 cm³/mol. The maximum absolute atomic E-state index is 13.6. The van der Waals surface area contributed by atoms with Crippen molar-refractivity contribution in [1.82, 2.24) is 20.5 Å². The standard InChI is InChI=1S/C33H30N6O4S/c1-19-15-24(43-23-5-3-2-4-6-23)9-10-25(19)39-26-11-13-35-31-27(26)28(37-33(39)42)29(44-31)30(40)36-22-12-14-38(18-22)32(41)21(17-34)16-20-7-8-20/h2-6,9-11,13,15-16,20,22,28-29H,7-8,12,14,18H2,1H3,(H,36,40)(H,37,42)/b21-16+/t22?,28?,29-/m1/s1. The molecule has 10 nitrogen and oxygen atoms in total. The Kier molecular flexibility index (Phi) is 7.22. The van der Waals surface area contributed by atoms with Crippen LogP contribution in [-0.4, -0.2) is 52.1 Å². The number of amides is 4. The normalized spacial score (nSPS) is 22.2. The van der Waals surface area contributed by atoms with Crippen LogP contribution >= 0.6 is 11.8 Å². The van der Waals surface area contributed by atoms with Gasteiger partial charge in [-0.3, -0.25) is 14.5 Å². The third-order valence-electron chi connectivity index (χ3n) is 8.35. The van der Waals surface area contributed by atoms with Gasteiger partial charge < -0.3 is 20.3 Å². The lowest BCUT2D eigenvalue weighted by molar-refractivity contribution is -0.126. The van der Waals surface area contributed by atoms with Gasteiger partial charge in [-0.2, -0.15) is 5.26 Å². The topological polar surface area (TPSA) is 128 Å². The number of carbonyl (C=O) groups is 3. The highest BCUT2D eigenvalue weighted by Gasteiger charge is 2.47. The first-order valence-electron chi connectivity index (χ1n) is 14.7. The number of nitriles is 1. The molecule has 0 radical (unpaired) electrons. The van der Waals surface area contributed by atoms with Crippen molar-refractivity contribution in [2.45, 2.75) is 48.5 Å². The summed E-state index contributed by atoms with van der Waals surface area (Å²) in [6.45, 7) is 2.74. The van der Waals surface area contributed by atoms with Crippen molar-refractivity contribution in [2.24, 2.45) is 5.92 Å². The molecule has 11 heteroatoms. The summed E-state index contributed by atoms with van der Waals surface area (Å²) in [7, 11) is 0. The van der Waals surface area contributed by atoms with Crippen LogP contribution in [0.1, 0.15) is 36.4 Å². The Balaban J connectivity index is 1.06. The van der Waals surface area contributed by atoms with Crippen LogP contribution in [0, 0.1) is 24.2 Å². The lowest BCUT2D eigenvalue weighted by Gasteiger charge is -2.35. The second-order valence-corrected chi connectivity index (χ2v) is 12.6. The summed E-state index contributed by atoms with van der Waals surface area (Å²) in [6.07, 6.45) is 6.06. The Morgan fingerprint density at radius 3 is 2.68 bits per heavy atom. The molecule has 4 amide bonds. The SMILES string of the molecule is Cc1cc(Oc2ccccc2)ccc1N1C(=O)NC2c3c1ccnc3S[C@H]2C(=O)NC1CCN(C(=O)/C(C#N)=C/C2CC2)C1. The lowest BCUT2D eigenvalue weighted by atomic mass is 9.99. The Labute approximate surface area is 259 Å². The average Bonchev–Trinajstić information content (AvgIpc) is 3.60. The zero-order valence-corrected chi connectivity index (χ0v) is 24.8. The number of benzene rings is 2. The molecule has 1 aromatic heterocycles. The number of carbonyl (C=O) groups excluding carboxylic acids is 3. The first-order valence-corrected chi connectivity index (χ1v) is 15.6. The number of nitrogens with zero attached hydrogens (tertiary/aromatic N) is 4. The van der Waals surface area contributed by atoms with Crippen molar-refractivity contribution < 1.29 is 19.1 Å². The van der Waals surface area contributed by atoms with Gasteiger partial charge in [0.05, 0.1) is 17.4 Å². The second-order valence-electron chi connectivity index (χ2n) is 11.5. The first kappa shape index (κ1) is 28.0. The summed E-state index contributed by atoms with van der Waals surface area (Å²) in [5.41, 5.74) is 3.24. The van der Waals surface area contributed by atoms with Crippen LogP contribution in [-0.2, 0) is 9.59 Å². The number of urea groups is 1. The van der Waals surface area contributed by atoms with E-state index in [-0.39, 0.29) is 29.5 Å². The molecular weight excluding hydrogens is 576 g/mol. The van der Waals surface area contributed by atoms with Crippen LogP contribution in [0.4, 0.5) is 16.2 Å². The summed E-state index contributed by atoms with van der Waals surface area (Å²) in [5, 5.41) is 15.7. The molecule has 1 aliphatic carbocycles. The number of hydrogen-bond acceptors (Lipinski definition) is 7. The maximum Gasteiger partial charge on any atom is 0.327 e. The fraction of sp³-hybridized carbons (Fsp3) is 0.303. The number of aromatic nitrogens is 1. The molecule has 7 rings (SSSR count). The van der Waals surface area contributed by atoms with Crippen LogP contribution in [0.15, 0.2) is 77.5 Å². The van der Waals surface area contributed by atoms with Crippen molar-refractivity contribution in [3.63, 3.8) is 0 Å². The summed E-state index contributed by atoms with van der Waals surface area (Å²) in [5.74, 6) is 1.22. The van der Waals surface area contributed by atoms with E-state index in [1.54, 1.807) is 22.1 Å². The van der Waals surface area contributed by atoms with Crippen LogP contribution in [0.25, 0.3) is 0 Å². The van der Waals surface area contributed by atoms with Gasteiger partial charge in [0.25, 0.3) is 5.91 Å². The second kappa shape index (κ2) is 11.4. The number of likely N-dealkylation sites (tertiary alicyclic amines) is 1. The van der Waals surface area contributed by atoms with Crippen molar-refractivity contribution in [3.8, 4) is 17.6 Å². The quantitative estimate of drug-likeness (QED) is 0.282. The molecule has 1 saturated carbocycles. The molecular formula is C33H30N6O4S. The molecule has 2 N–H and O–H groups in total. The van der Waals surface area contributed by atoms with E-state index in [4.69, 9.17) is 4.74 Å². The van der Waals surface area contributed by atoms with Gasteiger partial charge in [-0.15, -0.1) is 0 Å². The Morgan fingerprint density at radius 2 is 1.93 bits per heavy atom. The van der Waals surface area contributed by atoms with Crippen molar-refractivity contribution in [2.75, 3.05) is 18.0 Å². The fourth-order valence-corrected chi connectivity index (χ4v) is 7.24. The zero-order valence-electron chi connectivity index (χ0n) is 24.0. The largest absolute Gasteiger partial charge is 0.457 e. The molecule has 3 aliphatic heterocycles. The molecule has 2 aromatic carbocycles. The van der Waals surface area contributed by atoms with Gasteiger partial charge >= 0.3 is 6.03 Å². The molecule has 3 aromatic rings. The van der Waals surface area contributed by atoms with Gasteiger partial charge in [-0.05, 0) is 74.1 Å². The fourth-order valence-electron chi connectivity index (χ4n) is 6.00. The molecule has 2 fully saturated rings. The van der Waals surface area contributed by atoms with Gasteiger partial charge in [0, 0.05) is 30.9 Å². The van der Waals surface area contributed by atoms with E-state index in [2.05, 4.69) is 15.6 Å². The molecule has 4 heterocycles. The highest BCUT2D eigenvalue weighted by atomic mass is 32.2. The molecule has 4 aliphatic rings. The third kappa shape index (κ3) is 5.26. The minimum atomic E-state index is -0.610. The summed E-state index contributed by atoms with van der Waals surface area (Å²) in [6, 6.07) is 17.8. The van der Waals surface area contributed by atoms with E-state index < -0.39 is 11.3 Å². The van der Waals surface area contributed by atoms with Gasteiger partial charge in [0.15, 0.2) is 0 Å². The van der Waals surface area contributed by atoms with Crippen LogP contribution in [0.2, 0.25) is 0 Å². The molecule has 2 unspecified atom stereocenters. The number of para-hydroxylation sites is 1. The minimum absolute atomic E-state index is 0.183. The average molecular weight is 607 g/mol. The van der Waals surface area contributed by atoms with Crippen LogP contribution in [0.5, 0.6) is 11.5 Å². The molecule has 3 atom stereocenters. The highest BCUT2D eigenvalue weighted by Crippen LogP contribution is 2.51. The van der Waals surface area contributed by atoms with E-state index in [0.717, 1.165) is 29.7 Å². The van der Waals surface area contributed by atoms with Crippen molar-refractivity contribution >= 4 is 41.0 Å². The summed E-state index contributed by atoms with van der Waals surface area (Å²) < 4.78 is 5.98. The number of nitrogens with one attached hydrogen (secondary N) is 2. The lowest BCUT2D eigenvalue weighted by Crippen LogP contribution is -2.50. The molecule has 222 valence electrons. The van der Waals surface area contributed by atoms with E-state index in [1.165, 1.54) is 11.8 Å². The number of hydrogen-bond donors (Lipinski definition) is 2. The van der Waals surface area contributed by atoms with Crippen molar-refractivity contribution in [1.29, 1.82) is 5.26 Å². The Hall–Kier alpha value is -4.82. The number of pyridine rings is 1. The van der Waals surface area contributed by atoms with Crippen LogP contribution in [0.3, 0.4) is 0 Å². The maximum atomic E-state index is 13.6. The van der Waals surface area contributed by atoms with Crippen molar-refractivity contribution in [3.05, 3.63) is 83.6 Å².